The second-order valence-electron chi connectivity index (χ2n) is 4.38. The molecule has 0 bridgehead atoms. The van der Waals surface area contributed by atoms with Gasteiger partial charge in [0.05, 0.1) is 17.3 Å². The summed E-state index contributed by atoms with van der Waals surface area (Å²) >= 11 is 3.54. The third kappa shape index (κ3) is 3.81. The van der Waals surface area contributed by atoms with E-state index in [4.69, 9.17) is 4.74 Å². The van der Waals surface area contributed by atoms with E-state index in [-0.39, 0.29) is 0 Å². The zero-order valence-electron chi connectivity index (χ0n) is 11.2. The van der Waals surface area contributed by atoms with Crippen LogP contribution in [0.3, 0.4) is 0 Å². The molecule has 5 heteroatoms. The van der Waals surface area contributed by atoms with E-state index < -0.39 is 0 Å². The molecule has 0 spiro atoms. The number of halogens is 1. The Hall–Kier alpha value is -1.33. The van der Waals surface area contributed by atoms with Gasteiger partial charge in [0.25, 0.3) is 0 Å². The molecule has 2 rings (SSSR count). The fourth-order valence-corrected chi connectivity index (χ4v) is 2.44. The van der Waals surface area contributed by atoms with Gasteiger partial charge in [0, 0.05) is 31.8 Å². The summed E-state index contributed by atoms with van der Waals surface area (Å²) in [6.45, 7) is 1.44. The van der Waals surface area contributed by atoms with Crippen molar-refractivity contribution in [1.82, 2.24) is 15.1 Å². The summed E-state index contributed by atoms with van der Waals surface area (Å²) < 4.78 is 8.71. The fourth-order valence-electron chi connectivity index (χ4n) is 1.92. The zero-order chi connectivity index (χ0) is 13.7. The number of aryl methyl sites for hydroxylation is 1. The Morgan fingerprint density at radius 3 is 2.95 bits per heavy atom. The lowest BCUT2D eigenvalue weighted by Crippen LogP contribution is -2.09. The Morgan fingerprint density at radius 1 is 1.42 bits per heavy atom. The quantitative estimate of drug-likeness (QED) is 0.887. The van der Waals surface area contributed by atoms with Crippen LogP contribution in [0, 0.1) is 0 Å². The van der Waals surface area contributed by atoms with Crippen molar-refractivity contribution in [2.24, 2.45) is 7.05 Å². The van der Waals surface area contributed by atoms with Gasteiger partial charge in [-0.3, -0.25) is 4.68 Å². The predicted molar refractivity (Wildman–Crippen MR) is 79.3 cm³/mol. The Morgan fingerprint density at radius 2 is 2.26 bits per heavy atom. The SMILES string of the molecule is CNCc1cccc(Br)c1OCCc1cnn(C)c1. The molecule has 0 aliphatic rings. The maximum Gasteiger partial charge on any atom is 0.137 e. The molecule has 2 aromatic rings. The van der Waals surface area contributed by atoms with Crippen molar-refractivity contribution in [1.29, 1.82) is 0 Å². The number of para-hydroxylation sites is 1. The van der Waals surface area contributed by atoms with Crippen molar-refractivity contribution in [3.8, 4) is 5.75 Å². The number of ether oxygens (including phenoxy) is 1. The molecule has 0 saturated heterocycles. The van der Waals surface area contributed by atoms with Gasteiger partial charge in [-0.15, -0.1) is 0 Å². The molecular formula is C14H18BrN3O. The van der Waals surface area contributed by atoms with Gasteiger partial charge in [0.2, 0.25) is 0 Å². The first-order valence-electron chi connectivity index (χ1n) is 6.23. The molecule has 1 aromatic carbocycles. The van der Waals surface area contributed by atoms with Gasteiger partial charge < -0.3 is 10.1 Å². The Kier molecular flexibility index (Phi) is 4.99. The number of hydrogen-bond donors (Lipinski definition) is 1. The van der Waals surface area contributed by atoms with Crippen LogP contribution in [0.5, 0.6) is 5.75 Å². The monoisotopic (exact) mass is 323 g/mol. The summed E-state index contributed by atoms with van der Waals surface area (Å²) in [5.41, 5.74) is 2.34. The van der Waals surface area contributed by atoms with Gasteiger partial charge in [-0.1, -0.05) is 12.1 Å². The summed E-state index contributed by atoms with van der Waals surface area (Å²) in [5, 5.41) is 7.30. The van der Waals surface area contributed by atoms with E-state index in [1.54, 1.807) is 4.68 Å². The van der Waals surface area contributed by atoms with Crippen LogP contribution < -0.4 is 10.1 Å². The average Bonchev–Trinajstić information content (AvgIpc) is 2.79. The standard InChI is InChI=1S/C14H18BrN3O/c1-16-9-12-4-3-5-13(15)14(12)19-7-6-11-8-17-18(2)10-11/h3-5,8,10,16H,6-7,9H2,1-2H3. The summed E-state index contributed by atoms with van der Waals surface area (Å²) in [6, 6.07) is 6.09. The van der Waals surface area contributed by atoms with E-state index in [9.17, 15) is 0 Å². The number of nitrogens with one attached hydrogen (secondary N) is 1. The summed E-state index contributed by atoms with van der Waals surface area (Å²) in [5.74, 6) is 0.917. The largest absolute Gasteiger partial charge is 0.492 e. The van der Waals surface area contributed by atoms with Gasteiger partial charge in [0.15, 0.2) is 0 Å². The maximum absolute atomic E-state index is 5.91. The molecule has 4 nitrogen and oxygen atoms in total. The molecule has 1 heterocycles. The van der Waals surface area contributed by atoms with Crippen LogP contribution in [0.15, 0.2) is 35.1 Å². The van der Waals surface area contributed by atoms with Gasteiger partial charge in [0.1, 0.15) is 5.75 Å². The van der Waals surface area contributed by atoms with E-state index in [2.05, 4.69) is 32.4 Å². The van der Waals surface area contributed by atoms with Gasteiger partial charge in [-0.25, -0.2) is 0 Å². The highest BCUT2D eigenvalue weighted by Crippen LogP contribution is 2.29. The summed E-state index contributed by atoms with van der Waals surface area (Å²) in [6.07, 6.45) is 4.74. The molecule has 0 amide bonds. The van der Waals surface area contributed by atoms with Crippen LogP contribution >= 0.6 is 15.9 Å². The summed E-state index contributed by atoms with van der Waals surface area (Å²) in [4.78, 5) is 0. The lowest BCUT2D eigenvalue weighted by atomic mass is 10.2. The molecule has 0 saturated carbocycles. The van der Waals surface area contributed by atoms with Gasteiger partial charge in [-0.2, -0.15) is 5.10 Å². The smallest absolute Gasteiger partial charge is 0.137 e. The topological polar surface area (TPSA) is 39.1 Å². The molecule has 0 radical (unpaired) electrons. The normalized spacial score (nSPS) is 10.7. The lowest BCUT2D eigenvalue weighted by molar-refractivity contribution is 0.316. The third-order valence-corrected chi connectivity index (χ3v) is 3.44. The second-order valence-corrected chi connectivity index (χ2v) is 5.23. The van der Waals surface area contributed by atoms with E-state index in [1.807, 2.05) is 38.6 Å². The highest BCUT2D eigenvalue weighted by Gasteiger charge is 2.07. The zero-order valence-corrected chi connectivity index (χ0v) is 12.8. The van der Waals surface area contributed by atoms with E-state index in [0.29, 0.717) is 6.61 Å². The Bertz CT molecular complexity index is 539. The highest BCUT2D eigenvalue weighted by molar-refractivity contribution is 9.10. The van der Waals surface area contributed by atoms with E-state index in [1.165, 1.54) is 5.56 Å². The lowest BCUT2D eigenvalue weighted by Gasteiger charge is -2.12. The minimum Gasteiger partial charge on any atom is -0.492 e. The van der Waals surface area contributed by atoms with E-state index in [0.717, 1.165) is 28.8 Å². The minimum absolute atomic E-state index is 0.644. The minimum atomic E-state index is 0.644. The number of hydrogen-bond acceptors (Lipinski definition) is 3. The van der Waals surface area contributed by atoms with Crippen molar-refractivity contribution >= 4 is 15.9 Å². The van der Waals surface area contributed by atoms with E-state index >= 15 is 0 Å². The first-order valence-corrected chi connectivity index (χ1v) is 7.02. The average molecular weight is 324 g/mol. The van der Waals surface area contributed by atoms with Crippen molar-refractivity contribution in [3.63, 3.8) is 0 Å². The fraction of sp³-hybridized carbons (Fsp3) is 0.357. The number of nitrogens with zero attached hydrogens (tertiary/aromatic N) is 2. The van der Waals surface area contributed by atoms with Crippen LogP contribution in [-0.4, -0.2) is 23.4 Å². The summed E-state index contributed by atoms with van der Waals surface area (Å²) in [7, 11) is 3.85. The Balaban J connectivity index is 1.98. The number of rotatable bonds is 6. The highest BCUT2D eigenvalue weighted by atomic mass is 79.9. The Labute approximate surface area is 121 Å². The molecular weight excluding hydrogens is 306 g/mol. The van der Waals surface area contributed by atoms with Crippen LogP contribution in [0.2, 0.25) is 0 Å². The van der Waals surface area contributed by atoms with Crippen LogP contribution in [-0.2, 0) is 20.0 Å². The molecule has 0 aliphatic heterocycles. The molecule has 0 unspecified atom stereocenters. The molecule has 102 valence electrons. The van der Waals surface area contributed by atoms with Crippen molar-refractivity contribution in [2.75, 3.05) is 13.7 Å². The number of benzene rings is 1. The molecule has 1 N–H and O–H groups in total. The third-order valence-electron chi connectivity index (χ3n) is 2.81. The first-order chi connectivity index (χ1) is 9.20. The first kappa shape index (κ1) is 14.1. The van der Waals surface area contributed by atoms with Crippen molar-refractivity contribution in [2.45, 2.75) is 13.0 Å². The van der Waals surface area contributed by atoms with Crippen LogP contribution in [0.4, 0.5) is 0 Å². The molecule has 0 atom stereocenters. The van der Waals surface area contributed by atoms with Gasteiger partial charge in [-0.05, 0) is 34.6 Å². The molecule has 1 aromatic heterocycles. The maximum atomic E-state index is 5.91. The number of aromatic nitrogens is 2. The predicted octanol–water partition coefficient (Wildman–Crippen LogP) is 2.52. The molecule has 0 fully saturated rings. The second kappa shape index (κ2) is 6.73. The van der Waals surface area contributed by atoms with Gasteiger partial charge >= 0.3 is 0 Å². The van der Waals surface area contributed by atoms with Crippen LogP contribution in [0.1, 0.15) is 11.1 Å². The van der Waals surface area contributed by atoms with Crippen LogP contribution in [0.25, 0.3) is 0 Å². The molecule has 19 heavy (non-hydrogen) atoms. The van der Waals surface area contributed by atoms with Crippen molar-refractivity contribution in [3.05, 3.63) is 46.2 Å². The molecule has 0 aliphatic carbocycles. The van der Waals surface area contributed by atoms with Crippen molar-refractivity contribution < 1.29 is 4.74 Å².